The van der Waals surface area contributed by atoms with E-state index in [0.717, 1.165) is 27.8 Å². The van der Waals surface area contributed by atoms with Crippen molar-refractivity contribution in [3.8, 4) is 39.9 Å². The molecule has 0 spiro atoms. The van der Waals surface area contributed by atoms with E-state index in [1.54, 1.807) is 11.3 Å². The van der Waals surface area contributed by atoms with E-state index >= 15 is 0 Å². The van der Waals surface area contributed by atoms with Gasteiger partial charge in [0.15, 0.2) is 17.5 Å². The molecule has 0 radical (unpaired) electrons. The van der Waals surface area contributed by atoms with Gasteiger partial charge in [0.25, 0.3) is 0 Å². The van der Waals surface area contributed by atoms with Crippen LogP contribution in [0, 0.1) is 0 Å². The summed E-state index contributed by atoms with van der Waals surface area (Å²) in [5.74, 6) is 1.98. The van der Waals surface area contributed by atoms with E-state index < -0.39 is 0 Å². The third-order valence-corrected chi connectivity index (χ3v) is 13.2. The Labute approximate surface area is 323 Å². The average molecular weight is 737 g/mol. The van der Waals surface area contributed by atoms with Crippen LogP contribution in [0.3, 0.4) is 0 Å². The van der Waals surface area contributed by atoms with Crippen molar-refractivity contribution >= 4 is 95.6 Å². The lowest BCUT2D eigenvalue weighted by Gasteiger charge is -2.13. The Balaban J connectivity index is 1.13. The van der Waals surface area contributed by atoms with Gasteiger partial charge in [0.1, 0.15) is 0 Å². The second-order valence-electron chi connectivity index (χ2n) is 14.0. The van der Waals surface area contributed by atoms with Gasteiger partial charge >= 0.3 is 0 Å². The highest BCUT2D eigenvalue weighted by atomic mass is 32.1. The van der Waals surface area contributed by atoms with Gasteiger partial charge in [0, 0.05) is 63.1 Å². The van der Waals surface area contributed by atoms with Crippen LogP contribution in [0.4, 0.5) is 0 Å². The van der Waals surface area contributed by atoms with Crippen molar-refractivity contribution in [1.29, 1.82) is 0 Å². The monoisotopic (exact) mass is 736 g/mol. The first-order chi connectivity index (χ1) is 27.2. The van der Waals surface area contributed by atoms with E-state index in [1.165, 1.54) is 67.5 Å². The van der Waals surface area contributed by atoms with Crippen LogP contribution in [-0.2, 0) is 0 Å². The summed E-state index contributed by atoms with van der Waals surface area (Å²) in [4.78, 5) is 15.7. The Kier molecular flexibility index (Phi) is 6.64. The molecule has 12 aromatic rings. The Bertz CT molecular complexity index is 3500. The van der Waals surface area contributed by atoms with E-state index in [-0.39, 0.29) is 0 Å². The molecule has 0 N–H and O–H groups in total. The molecule has 0 saturated heterocycles. The Morgan fingerprint density at radius 1 is 0.382 bits per heavy atom. The third-order valence-electron chi connectivity index (χ3n) is 10.8. The summed E-state index contributed by atoms with van der Waals surface area (Å²) in [5, 5.41) is 9.83. The number of nitrogens with zero attached hydrogens (tertiary/aromatic N) is 4. The molecule has 0 aliphatic heterocycles. The summed E-state index contributed by atoms with van der Waals surface area (Å²) in [6.45, 7) is 0. The molecule has 0 bridgehead atoms. The molecule has 0 amide bonds. The lowest BCUT2D eigenvalue weighted by molar-refractivity contribution is 1.08. The Hall–Kier alpha value is -6.73. The molecule has 8 aromatic carbocycles. The lowest BCUT2D eigenvalue weighted by atomic mass is 10.0. The smallest absolute Gasteiger partial charge is 0.164 e. The van der Waals surface area contributed by atoms with E-state index in [1.807, 2.05) is 29.5 Å². The predicted octanol–water partition coefficient (Wildman–Crippen LogP) is 13.9. The molecule has 256 valence electrons. The first-order valence-corrected chi connectivity index (χ1v) is 20.0. The van der Waals surface area contributed by atoms with E-state index in [4.69, 9.17) is 15.0 Å². The molecule has 0 aliphatic carbocycles. The van der Waals surface area contributed by atoms with Crippen molar-refractivity contribution in [3.05, 3.63) is 170 Å². The minimum Gasteiger partial charge on any atom is -0.308 e. The molecule has 4 nitrogen and oxygen atoms in total. The zero-order valence-electron chi connectivity index (χ0n) is 29.3. The molecule has 0 fully saturated rings. The molecular formula is C49H28N4S2. The maximum Gasteiger partial charge on any atom is 0.164 e. The van der Waals surface area contributed by atoms with Gasteiger partial charge in [-0.2, -0.15) is 0 Å². The van der Waals surface area contributed by atoms with Crippen molar-refractivity contribution in [1.82, 2.24) is 19.5 Å². The van der Waals surface area contributed by atoms with Crippen molar-refractivity contribution in [2.45, 2.75) is 0 Å². The second kappa shape index (κ2) is 11.9. The molecule has 0 saturated carbocycles. The number of benzene rings is 8. The standard InChI is InChI=1S/C49H28N4S2/c1-2-12-29(13-3-1)47-50-48(32-22-23-35-34-17-7-10-20-42(34)54-44(35)28-32)52-49(51-47)37-24-25-40(46-45(37)36-18-8-11-21-43(36)55-46)53-39-19-9-6-16-33(39)38-26-30-14-4-5-15-31(30)27-41(38)53/h1-28H. The van der Waals surface area contributed by atoms with Crippen LogP contribution in [0.15, 0.2) is 170 Å². The van der Waals surface area contributed by atoms with E-state index in [9.17, 15) is 0 Å². The zero-order chi connectivity index (χ0) is 36.0. The highest BCUT2D eigenvalue weighted by Gasteiger charge is 2.22. The Morgan fingerprint density at radius 3 is 1.85 bits per heavy atom. The minimum atomic E-state index is 0.656. The minimum absolute atomic E-state index is 0.656. The van der Waals surface area contributed by atoms with Gasteiger partial charge in [-0.15, -0.1) is 22.7 Å². The number of para-hydroxylation sites is 1. The predicted molar refractivity (Wildman–Crippen MR) is 234 cm³/mol. The Morgan fingerprint density at radius 2 is 1.02 bits per heavy atom. The number of aromatic nitrogens is 4. The quantitative estimate of drug-likeness (QED) is 0.181. The molecule has 0 unspecified atom stereocenters. The number of hydrogen-bond acceptors (Lipinski definition) is 5. The van der Waals surface area contributed by atoms with Crippen LogP contribution in [0.5, 0.6) is 0 Å². The molecule has 6 heteroatoms. The number of thiophene rings is 2. The summed E-state index contributed by atoms with van der Waals surface area (Å²) in [7, 11) is 0. The van der Waals surface area contributed by atoms with Crippen molar-refractivity contribution < 1.29 is 0 Å². The van der Waals surface area contributed by atoms with Gasteiger partial charge in [0.05, 0.1) is 21.4 Å². The largest absolute Gasteiger partial charge is 0.308 e. The molecular weight excluding hydrogens is 709 g/mol. The second-order valence-corrected chi connectivity index (χ2v) is 16.1. The molecule has 4 heterocycles. The zero-order valence-corrected chi connectivity index (χ0v) is 30.9. The molecule has 4 aromatic heterocycles. The van der Waals surface area contributed by atoms with Crippen LogP contribution in [0.2, 0.25) is 0 Å². The van der Waals surface area contributed by atoms with Gasteiger partial charge < -0.3 is 4.57 Å². The summed E-state index contributed by atoms with van der Waals surface area (Å²) >= 11 is 3.64. The van der Waals surface area contributed by atoms with Crippen LogP contribution in [0.1, 0.15) is 0 Å². The molecule has 12 rings (SSSR count). The number of rotatable bonds is 4. The SMILES string of the molecule is c1ccc(-c2nc(-c3ccc4c(c3)sc3ccccc34)nc(-c3ccc(-n4c5ccccc5c5cc6ccccc6cc54)c4sc5ccccc5c34)n2)cc1. The fourth-order valence-corrected chi connectivity index (χ4v) is 10.7. The molecule has 55 heavy (non-hydrogen) atoms. The van der Waals surface area contributed by atoms with Crippen LogP contribution >= 0.6 is 22.7 Å². The average Bonchev–Trinajstić information content (AvgIpc) is 3.92. The van der Waals surface area contributed by atoms with Crippen LogP contribution in [-0.4, -0.2) is 19.5 Å². The highest BCUT2D eigenvalue weighted by Crippen LogP contribution is 2.45. The van der Waals surface area contributed by atoms with Crippen molar-refractivity contribution in [3.63, 3.8) is 0 Å². The van der Waals surface area contributed by atoms with Crippen molar-refractivity contribution in [2.24, 2.45) is 0 Å². The number of fused-ring (bicyclic) bond motifs is 10. The van der Waals surface area contributed by atoms with Gasteiger partial charge in [-0.05, 0) is 59.3 Å². The fourth-order valence-electron chi connectivity index (χ4n) is 8.30. The summed E-state index contributed by atoms with van der Waals surface area (Å²) in [5.41, 5.74) is 6.44. The highest BCUT2D eigenvalue weighted by molar-refractivity contribution is 7.26. The maximum absolute atomic E-state index is 5.30. The normalized spacial score (nSPS) is 12.0. The summed E-state index contributed by atoms with van der Waals surface area (Å²) < 4.78 is 7.37. The lowest BCUT2D eigenvalue weighted by Crippen LogP contribution is -2.01. The van der Waals surface area contributed by atoms with Gasteiger partial charge in [-0.25, -0.2) is 15.0 Å². The summed E-state index contributed by atoms with van der Waals surface area (Å²) in [6.07, 6.45) is 0. The molecule has 0 aliphatic rings. The van der Waals surface area contributed by atoms with Crippen LogP contribution < -0.4 is 0 Å². The summed E-state index contributed by atoms with van der Waals surface area (Å²) in [6, 6.07) is 60.7. The third kappa shape index (κ3) is 4.72. The maximum atomic E-state index is 5.30. The number of hydrogen-bond donors (Lipinski definition) is 0. The van der Waals surface area contributed by atoms with Gasteiger partial charge in [0.2, 0.25) is 0 Å². The first kappa shape index (κ1) is 30.7. The van der Waals surface area contributed by atoms with Gasteiger partial charge in [-0.1, -0.05) is 121 Å². The van der Waals surface area contributed by atoms with Gasteiger partial charge in [-0.3, -0.25) is 0 Å². The van der Waals surface area contributed by atoms with Crippen molar-refractivity contribution in [2.75, 3.05) is 0 Å². The van der Waals surface area contributed by atoms with Crippen LogP contribution in [0.25, 0.3) is 113 Å². The fraction of sp³-hybridized carbons (Fsp3) is 0. The van der Waals surface area contributed by atoms with E-state index in [2.05, 4.69) is 156 Å². The molecule has 0 atom stereocenters. The first-order valence-electron chi connectivity index (χ1n) is 18.4. The topological polar surface area (TPSA) is 43.6 Å². The van der Waals surface area contributed by atoms with E-state index in [0.29, 0.717) is 17.5 Å².